The van der Waals surface area contributed by atoms with Gasteiger partial charge in [0, 0.05) is 12.0 Å². The van der Waals surface area contributed by atoms with Gasteiger partial charge >= 0.3 is 0 Å². The second-order valence-electron chi connectivity index (χ2n) is 12.4. The molecule has 5 atom stereocenters. The van der Waals surface area contributed by atoms with Gasteiger partial charge in [-0.3, -0.25) is 0 Å². The molecular formula is C28H46O2Si. The summed E-state index contributed by atoms with van der Waals surface area (Å²) in [6.45, 7) is 20.7. The maximum Gasteiger partial charge on any atom is 0.192 e. The lowest BCUT2D eigenvalue weighted by atomic mass is 9.61. The van der Waals surface area contributed by atoms with Crippen LogP contribution in [0.15, 0.2) is 35.5 Å². The van der Waals surface area contributed by atoms with Crippen LogP contribution in [0.2, 0.25) is 18.1 Å². The molecule has 3 rings (SSSR count). The lowest BCUT2D eigenvalue weighted by molar-refractivity contribution is -0.113. The Hall–Kier alpha value is -0.933. The Morgan fingerprint density at radius 1 is 1.16 bits per heavy atom. The normalized spacial score (nSPS) is 36.0. The van der Waals surface area contributed by atoms with E-state index in [1.165, 1.54) is 49.5 Å². The van der Waals surface area contributed by atoms with E-state index in [9.17, 15) is 4.79 Å². The molecule has 0 spiro atoms. The molecule has 0 saturated heterocycles. The third-order valence-corrected chi connectivity index (χ3v) is 13.9. The monoisotopic (exact) mass is 442 g/mol. The highest BCUT2D eigenvalue weighted by Crippen LogP contribution is 2.59. The van der Waals surface area contributed by atoms with Crippen LogP contribution in [-0.4, -0.2) is 20.7 Å². The first-order valence-corrected chi connectivity index (χ1v) is 15.5. The summed E-state index contributed by atoms with van der Waals surface area (Å²) in [5.74, 6) is 1.36. The molecule has 0 N–H and O–H groups in total. The van der Waals surface area contributed by atoms with E-state index in [4.69, 9.17) is 4.43 Å². The van der Waals surface area contributed by atoms with Crippen LogP contribution in [0, 0.1) is 23.2 Å². The quantitative estimate of drug-likeness (QED) is 0.318. The molecule has 0 amide bonds. The molecule has 0 aromatic heterocycles. The van der Waals surface area contributed by atoms with Crippen molar-refractivity contribution in [3.8, 4) is 0 Å². The van der Waals surface area contributed by atoms with Crippen LogP contribution < -0.4 is 0 Å². The van der Waals surface area contributed by atoms with E-state index < -0.39 is 8.32 Å². The minimum absolute atomic E-state index is 0.180. The summed E-state index contributed by atoms with van der Waals surface area (Å²) in [6, 6.07) is 0. The number of fused-ring (bicyclic) bond motifs is 1. The summed E-state index contributed by atoms with van der Waals surface area (Å²) >= 11 is 0. The molecule has 0 unspecified atom stereocenters. The summed E-state index contributed by atoms with van der Waals surface area (Å²) in [5, 5.41) is 0.248. The van der Waals surface area contributed by atoms with Gasteiger partial charge in [-0.15, -0.1) is 0 Å². The lowest BCUT2D eigenvalue weighted by Crippen LogP contribution is -2.44. The first-order valence-electron chi connectivity index (χ1n) is 12.6. The van der Waals surface area contributed by atoms with Gasteiger partial charge in [0.15, 0.2) is 8.32 Å². The highest BCUT2D eigenvalue weighted by atomic mass is 28.4. The van der Waals surface area contributed by atoms with E-state index in [0.29, 0.717) is 23.4 Å². The summed E-state index contributed by atoms with van der Waals surface area (Å²) in [6.07, 6.45) is 15.7. The van der Waals surface area contributed by atoms with Gasteiger partial charge in [-0.1, -0.05) is 64.5 Å². The van der Waals surface area contributed by atoms with E-state index in [1.807, 2.05) is 0 Å². The largest absolute Gasteiger partial charge is 0.414 e. The number of aldehydes is 1. The van der Waals surface area contributed by atoms with Gasteiger partial charge in [-0.25, -0.2) is 0 Å². The zero-order valence-electron chi connectivity index (χ0n) is 21.2. The Bertz CT molecular complexity index is 753. The molecular weight excluding hydrogens is 396 g/mol. The van der Waals surface area contributed by atoms with Gasteiger partial charge in [0.1, 0.15) is 6.29 Å². The van der Waals surface area contributed by atoms with Gasteiger partial charge in [-0.05, 0) is 92.3 Å². The summed E-state index contributed by atoms with van der Waals surface area (Å²) in [7, 11) is -1.75. The van der Waals surface area contributed by atoms with Gasteiger partial charge < -0.3 is 9.22 Å². The van der Waals surface area contributed by atoms with Gasteiger partial charge in [0.2, 0.25) is 0 Å². The fourth-order valence-corrected chi connectivity index (χ4v) is 7.70. The second-order valence-corrected chi connectivity index (χ2v) is 17.1. The SMILES string of the molecule is C=C1CC[C@@H](O[Si](C)(C)C(C)(C)C)C/C1=C\C=C1/CCC[C@]2(C)[C@@H]([C@H](C)C=O)CC[C@@H]12. The van der Waals surface area contributed by atoms with E-state index in [-0.39, 0.29) is 11.0 Å². The molecule has 0 bridgehead atoms. The molecule has 0 aromatic carbocycles. The molecule has 31 heavy (non-hydrogen) atoms. The third kappa shape index (κ3) is 5.03. The molecule has 3 heteroatoms. The summed E-state index contributed by atoms with van der Waals surface area (Å²) in [4.78, 5) is 11.5. The van der Waals surface area contributed by atoms with Crippen LogP contribution in [0.3, 0.4) is 0 Å². The molecule has 0 aliphatic heterocycles. The predicted molar refractivity (Wildman–Crippen MR) is 135 cm³/mol. The predicted octanol–water partition coefficient (Wildman–Crippen LogP) is 8.02. The molecule has 0 aromatic rings. The van der Waals surface area contributed by atoms with Crippen molar-refractivity contribution in [2.45, 2.75) is 110 Å². The van der Waals surface area contributed by atoms with Crippen molar-refractivity contribution in [3.63, 3.8) is 0 Å². The molecule has 2 nitrogen and oxygen atoms in total. The fraction of sp³-hybridized carbons (Fsp3) is 0.750. The zero-order chi connectivity index (χ0) is 23.0. The number of hydrogen-bond acceptors (Lipinski definition) is 2. The molecule has 3 fully saturated rings. The van der Waals surface area contributed by atoms with Crippen molar-refractivity contribution in [3.05, 3.63) is 35.5 Å². The number of hydrogen-bond donors (Lipinski definition) is 0. The molecule has 3 aliphatic carbocycles. The highest BCUT2D eigenvalue weighted by Gasteiger charge is 2.50. The second kappa shape index (κ2) is 9.13. The summed E-state index contributed by atoms with van der Waals surface area (Å²) < 4.78 is 6.75. The number of carbonyl (C=O) groups excluding carboxylic acids is 1. The van der Waals surface area contributed by atoms with Crippen molar-refractivity contribution in [1.82, 2.24) is 0 Å². The van der Waals surface area contributed by atoms with E-state index in [1.54, 1.807) is 5.57 Å². The van der Waals surface area contributed by atoms with Crippen molar-refractivity contribution >= 4 is 14.6 Å². The highest BCUT2D eigenvalue weighted by molar-refractivity contribution is 6.74. The Labute approximate surface area is 192 Å². The maximum atomic E-state index is 11.5. The Kier molecular flexibility index (Phi) is 7.28. The van der Waals surface area contributed by atoms with Crippen LogP contribution >= 0.6 is 0 Å². The Balaban J connectivity index is 1.76. The maximum absolute atomic E-state index is 11.5. The van der Waals surface area contributed by atoms with Crippen molar-refractivity contribution in [2.75, 3.05) is 0 Å². The summed E-state index contributed by atoms with van der Waals surface area (Å²) in [5.41, 5.74) is 4.59. The van der Waals surface area contributed by atoms with Crippen LogP contribution in [0.4, 0.5) is 0 Å². The van der Waals surface area contributed by atoms with Crippen molar-refractivity contribution in [1.29, 1.82) is 0 Å². The minimum Gasteiger partial charge on any atom is -0.414 e. The zero-order valence-corrected chi connectivity index (χ0v) is 22.2. The van der Waals surface area contributed by atoms with Crippen LogP contribution in [0.1, 0.15) is 86.0 Å². The number of allylic oxidation sites excluding steroid dienone is 4. The van der Waals surface area contributed by atoms with E-state index >= 15 is 0 Å². The van der Waals surface area contributed by atoms with Crippen LogP contribution in [0.25, 0.3) is 0 Å². The van der Waals surface area contributed by atoms with E-state index in [0.717, 1.165) is 19.3 Å². The van der Waals surface area contributed by atoms with E-state index in [2.05, 4.69) is 66.4 Å². The minimum atomic E-state index is -1.75. The molecule has 174 valence electrons. The average molecular weight is 443 g/mol. The average Bonchev–Trinajstić information content (AvgIpc) is 3.04. The Morgan fingerprint density at radius 2 is 1.87 bits per heavy atom. The van der Waals surface area contributed by atoms with Gasteiger partial charge in [-0.2, -0.15) is 0 Å². The van der Waals surface area contributed by atoms with Crippen LogP contribution in [0.5, 0.6) is 0 Å². The lowest BCUT2D eigenvalue weighted by Gasteiger charge is -2.43. The topological polar surface area (TPSA) is 26.3 Å². The van der Waals surface area contributed by atoms with Crippen LogP contribution in [-0.2, 0) is 9.22 Å². The molecule has 0 heterocycles. The van der Waals surface area contributed by atoms with Crippen molar-refractivity contribution in [2.24, 2.45) is 23.2 Å². The molecule has 3 aliphatic rings. The third-order valence-electron chi connectivity index (χ3n) is 9.32. The standard InChI is InChI=1S/C28H46O2Si/c1-20-11-14-24(30-31(7,8)27(3,4)5)18-23(20)13-12-22-10-9-17-28(6)25(21(2)19-29)15-16-26(22)28/h12-13,19,21,24-26H,1,9-11,14-18H2,2-8H3/b22-12+,23-13+/t21-,24-,25-,26+,28-/m1/s1. The smallest absolute Gasteiger partial charge is 0.192 e. The first kappa shape index (κ1) is 24.7. The van der Waals surface area contributed by atoms with Gasteiger partial charge in [0.05, 0.1) is 0 Å². The number of carbonyl (C=O) groups is 1. The van der Waals surface area contributed by atoms with Crippen molar-refractivity contribution < 1.29 is 9.22 Å². The fourth-order valence-electron chi connectivity index (χ4n) is 6.31. The van der Waals surface area contributed by atoms with Gasteiger partial charge in [0.25, 0.3) is 0 Å². The molecule has 3 saturated carbocycles. The number of rotatable bonds is 5. The first-order chi connectivity index (χ1) is 14.4. The Morgan fingerprint density at radius 3 is 2.52 bits per heavy atom. The molecule has 0 radical (unpaired) electrons.